The highest BCUT2D eigenvalue weighted by atomic mass is 16.6. The molecule has 3 aromatic rings. The van der Waals surface area contributed by atoms with E-state index in [1.165, 1.54) is 54.2 Å². The zero-order valence-electron chi connectivity index (χ0n) is 36.6. The van der Waals surface area contributed by atoms with Gasteiger partial charge in [0.25, 0.3) is 5.56 Å². The molecule has 1 aromatic carbocycles. The molecule has 4 aliphatic carbocycles. The van der Waals surface area contributed by atoms with Crippen LogP contribution in [-0.4, -0.2) is 89.2 Å². The van der Waals surface area contributed by atoms with E-state index in [1.807, 2.05) is 25.3 Å². The van der Waals surface area contributed by atoms with Gasteiger partial charge in [0.05, 0.1) is 11.0 Å². The first-order chi connectivity index (χ1) is 28.9. The summed E-state index contributed by atoms with van der Waals surface area (Å²) >= 11 is 0. The number of benzene rings is 1. The lowest BCUT2D eigenvalue weighted by atomic mass is 9.50. The number of nitrogens with one attached hydrogen (secondary N) is 1. The number of carbonyl (C=O) groups excluding carboxylic acids is 3. The Bertz CT molecular complexity index is 2230. The standard InChI is InChI=1S/C50H65N5O5/c1-6-36-29-45-46(52-48(36)59)27-35(31-51-45)32-55-25-23-54(24-26-55)22-10-8-7-9-21-53(5)39-14-11-37(12-15-39)43-30-49(4)44(19-20-50(49,33(2)56)60-34(3)57)42-17-13-38-28-40(58)16-18-41(38)47(42)43/h11-12,14-15,27-29,31,42-44H,6-10,13,16-26,30,32H2,1-5H3,(H,52,59)/t42-,43+,44-,49-,50-/m0/s1. The molecule has 3 fully saturated rings. The van der Waals surface area contributed by atoms with Crippen LogP contribution in [0.4, 0.5) is 5.69 Å². The Morgan fingerprint density at radius 2 is 1.70 bits per heavy atom. The first-order valence-corrected chi connectivity index (χ1v) is 22.8. The highest BCUT2D eigenvalue weighted by Crippen LogP contribution is 2.67. The summed E-state index contributed by atoms with van der Waals surface area (Å²) in [5.74, 6) is 0.474. The molecule has 1 aliphatic heterocycles. The maximum Gasteiger partial charge on any atom is 0.303 e. The highest BCUT2D eigenvalue weighted by molar-refractivity contribution is 5.93. The number of hydrogen-bond acceptors (Lipinski definition) is 9. The summed E-state index contributed by atoms with van der Waals surface area (Å²) in [5, 5.41) is 0. The first kappa shape index (κ1) is 42.3. The number of allylic oxidation sites excluding steroid dienone is 4. The largest absolute Gasteiger partial charge is 0.451 e. The number of Topliss-reactive ketones (excluding diaryl/α,β-unsaturated/α-hetero) is 1. The molecule has 10 nitrogen and oxygen atoms in total. The monoisotopic (exact) mass is 815 g/mol. The van der Waals surface area contributed by atoms with Crippen molar-refractivity contribution in [2.75, 3.05) is 51.2 Å². The van der Waals surface area contributed by atoms with E-state index in [-0.39, 0.29) is 34.9 Å². The number of pyridine rings is 2. The van der Waals surface area contributed by atoms with E-state index in [2.05, 4.69) is 69.0 Å². The van der Waals surface area contributed by atoms with Crippen LogP contribution >= 0.6 is 0 Å². The van der Waals surface area contributed by atoms with Crippen molar-refractivity contribution in [1.29, 1.82) is 0 Å². The highest BCUT2D eigenvalue weighted by Gasteiger charge is 2.67. The predicted molar refractivity (Wildman–Crippen MR) is 237 cm³/mol. The van der Waals surface area contributed by atoms with Gasteiger partial charge in [-0.25, -0.2) is 0 Å². The van der Waals surface area contributed by atoms with E-state index in [4.69, 9.17) is 4.74 Å². The minimum atomic E-state index is -1.10. The van der Waals surface area contributed by atoms with Crippen LogP contribution in [0.15, 0.2) is 70.2 Å². The average Bonchev–Trinajstić information content (AvgIpc) is 3.53. The third-order valence-electron chi connectivity index (χ3n) is 15.3. The number of aromatic amines is 1. The lowest BCUT2D eigenvalue weighted by Gasteiger charge is -2.55. The molecule has 0 spiro atoms. The number of hydrogen-bond donors (Lipinski definition) is 1. The van der Waals surface area contributed by atoms with Crippen LogP contribution < -0.4 is 10.5 Å². The molecule has 0 amide bonds. The lowest BCUT2D eigenvalue weighted by molar-refractivity contribution is -0.182. The molecular formula is C50H65N5O5. The van der Waals surface area contributed by atoms with E-state index in [9.17, 15) is 19.2 Å². The van der Waals surface area contributed by atoms with Crippen molar-refractivity contribution >= 4 is 34.3 Å². The number of H-pyrrole nitrogens is 1. The summed E-state index contributed by atoms with van der Waals surface area (Å²) in [7, 11) is 2.19. The number of unbranched alkanes of at least 4 members (excludes halogenated alkanes) is 3. The molecule has 2 saturated carbocycles. The maximum atomic E-state index is 13.5. The number of rotatable bonds is 14. The molecule has 0 unspecified atom stereocenters. The lowest BCUT2D eigenvalue weighted by Crippen LogP contribution is -2.57. The van der Waals surface area contributed by atoms with E-state index in [0.717, 1.165) is 106 Å². The van der Waals surface area contributed by atoms with Crippen LogP contribution in [0.2, 0.25) is 0 Å². The molecule has 0 bridgehead atoms. The zero-order chi connectivity index (χ0) is 42.2. The van der Waals surface area contributed by atoms with Gasteiger partial charge in [0.15, 0.2) is 17.2 Å². The number of aromatic nitrogens is 2. The van der Waals surface area contributed by atoms with Crippen molar-refractivity contribution in [3.8, 4) is 0 Å². The Labute approximate surface area is 355 Å². The van der Waals surface area contributed by atoms with Gasteiger partial charge in [-0.3, -0.25) is 29.1 Å². The van der Waals surface area contributed by atoms with Crippen molar-refractivity contribution in [1.82, 2.24) is 19.8 Å². The SMILES string of the molecule is CCc1cc2ncc(CN3CCN(CCCCCCN(C)c4ccc([C@H]5C[C@@]6(C)[C@@H](CC[C@]6(OC(C)=O)C(C)=O)[C@@H]6CCC7=CC(=O)CCC7=C65)cc4)CC3)cc2[nH]c1=O. The van der Waals surface area contributed by atoms with E-state index < -0.39 is 11.0 Å². The number of ketones is 2. The van der Waals surface area contributed by atoms with Crippen LogP contribution in [-0.2, 0) is 32.1 Å². The average molecular weight is 816 g/mol. The molecule has 1 saturated heterocycles. The molecule has 320 valence electrons. The molecule has 2 aromatic heterocycles. The molecule has 5 aliphatic rings. The zero-order valence-corrected chi connectivity index (χ0v) is 36.6. The fourth-order valence-electron chi connectivity index (χ4n) is 12.1. The fraction of sp³-hybridized carbons (Fsp3) is 0.580. The van der Waals surface area contributed by atoms with Crippen molar-refractivity contribution < 1.29 is 19.1 Å². The molecule has 5 atom stereocenters. The molecule has 1 N–H and O–H groups in total. The quantitative estimate of drug-likeness (QED) is 0.127. The van der Waals surface area contributed by atoms with E-state index >= 15 is 0 Å². The number of fused-ring (bicyclic) bond motifs is 5. The Hall–Kier alpha value is -4.41. The minimum Gasteiger partial charge on any atom is -0.451 e. The minimum absolute atomic E-state index is 0.0144. The van der Waals surface area contributed by atoms with Gasteiger partial charge in [-0.1, -0.05) is 44.4 Å². The maximum absolute atomic E-state index is 13.5. The summed E-state index contributed by atoms with van der Waals surface area (Å²) in [4.78, 5) is 66.0. The summed E-state index contributed by atoms with van der Waals surface area (Å²) < 4.78 is 6.12. The summed E-state index contributed by atoms with van der Waals surface area (Å²) in [5.41, 5.74) is 8.54. The van der Waals surface area contributed by atoms with Crippen LogP contribution in [0, 0.1) is 17.3 Å². The van der Waals surface area contributed by atoms with Gasteiger partial charge in [0, 0.05) is 88.4 Å². The van der Waals surface area contributed by atoms with Crippen molar-refractivity contribution in [2.45, 2.75) is 123 Å². The van der Waals surface area contributed by atoms with E-state index in [1.54, 1.807) is 6.92 Å². The molecule has 3 heterocycles. The molecule has 8 rings (SSSR count). The Morgan fingerprint density at radius 1 is 0.950 bits per heavy atom. The first-order valence-electron chi connectivity index (χ1n) is 22.8. The van der Waals surface area contributed by atoms with Gasteiger partial charge in [-0.05, 0) is 136 Å². The van der Waals surface area contributed by atoms with Gasteiger partial charge in [0.2, 0.25) is 0 Å². The summed E-state index contributed by atoms with van der Waals surface area (Å²) in [6.07, 6.45) is 14.8. The second-order valence-electron chi connectivity index (χ2n) is 18.8. The van der Waals surface area contributed by atoms with Gasteiger partial charge >= 0.3 is 5.97 Å². The van der Waals surface area contributed by atoms with Crippen LogP contribution in [0.5, 0.6) is 0 Å². The van der Waals surface area contributed by atoms with Gasteiger partial charge < -0.3 is 19.5 Å². The number of nitrogens with zero attached hydrogens (tertiary/aromatic N) is 4. The molecule has 60 heavy (non-hydrogen) atoms. The van der Waals surface area contributed by atoms with Crippen molar-refractivity contribution in [2.24, 2.45) is 17.3 Å². The molecule has 0 radical (unpaired) electrons. The Kier molecular flexibility index (Phi) is 12.3. The van der Waals surface area contributed by atoms with Crippen LogP contribution in [0.1, 0.15) is 121 Å². The number of anilines is 1. The molecule has 10 heteroatoms. The number of aryl methyl sites for hydroxylation is 1. The third kappa shape index (κ3) is 8.18. The topological polar surface area (TPSA) is 116 Å². The number of carbonyl (C=O) groups is 3. The predicted octanol–water partition coefficient (Wildman–Crippen LogP) is 8.09. The van der Waals surface area contributed by atoms with Gasteiger partial charge in [-0.2, -0.15) is 0 Å². The van der Waals surface area contributed by atoms with Crippen LogP contribution in [0.25, 0.3) is 11.0 Å². The Morgan fingerprint density at radius 3 is 2.43 bits per heavy atom. The van der Waals surface area contributed by atoms with Gasteiger partial charge in [0.1, 0.15) is 0 Å². The number of piperazine rings is 1. The second kappa shape index (κ2) is 17.5. The van der Waals surface area contributed by atoms with E-state index in [0.29, 0.717) is 25.2 Å². The van der Waals surface area contributed by atoms with Crippen LogP contribution in [0.3, 0.4) is 0 Å². The van der Waals surface area contributed by atoms with Gasteiger partial charge in [-0.15, -0.1) is 0 Å². The number of ether oxygens (including phenoxy) is 1. The Balaban J connectivity index is 0.835. The van der Waals surface area contributed by atoms with Crippen molar-refractivity contribution in [3.05, 3.63) is 92.4 Å². The third-order valence-corrected chi connectivity index (χ3v) is 15.3. The number of esters is 1. The van der Waals surface area contributed by atoms with Crippen molar-refractivity contribution in [3.63, 3.8) is 0 Å². The normalized spacial score (nSPS) is 27.0. The smallest absolute Gasteiger partial charge is 0.303 e. The fourth-order valence-corrected chi connectivity index (χ4v) is 12.1. The molecular weight excluding hydrogens is 751 g/mol. The summed E-state index contributed by atoms with van der Waals surface area (Å²) in [6, 6.07) is 13.1. The second-order valence-corrected chi connectivity index (χ2v) is 18.8. The summed E-state index contributed by atoms with van der Waals surface area (Å²) in [6.45, 7) is 14.5.